The molecule has 1 fully saturated rings. The van der Waals surface area contributed by atoms with Crippen LogP contribution < -0.4 is 19.9 Å². The number of ether oxygens (including phenoxy) is 1. The lowest BCUT2D eigenvalue weighted by Gasteiger charge is -2.43. The SMILES string of the molecule is CCN1c2cc(F)c(/C=C3/C(=O)NC(=O)N(c4ccc(OC)cc4)C3=O)cc2C(C)=CC1(C)C. The molecule has 2 aliphatic heterocycles. The van der Waals surface area contributed by atoms with Gasteiger partial charge in [0.15, 0.2) is 0 Å². The van der Waals surface area contributed by atoms with Crippen LogP contribution >= 0.6 is 0 Å². The Morgan fingerprint density at radius 1 is 1.12 bits per heavy atom. The smallest absolute Gasteiger partial charge is 0.335 e. The van der Waals surface area contributed by atoms with Crippen LogP contribution in [0.5, 0.6) is 5.75 Å². The number of fused-ring (bicyclic) bond motifs is 1. The van der Waals surface area contributed by atoms with Gasteiger partial charge < -0.3 is 9.64 Å². The Balaban J connectivity index is 1.77. The van der Waals surface area contributed by atoms with Gasteiger partial charge >= 0.3 is 6.03 Å². The number of anilines is 2. The third-order valence-corrected chi connectivity index (χ3v) is 6.14. The topological polar surface area (TPSA) is 79.0 Å². The van der Waals surface area contributed by atoms with Gasteiger partial charge in [0.25, 0.3) is 11.8 Å². The molecule has 176 valence electrons. The van der Waals surface area contributed by atoms with E-state index in [1.165, 1.54) is 31.4 Å². The average Bonchev–Trinajstić information content (AvgIpc) is 2.77. The summed E-state index contributed by atoms with van der Waals surface area (Å²) in [6.07, 6.45) is 3.30. The first kappa shape index (κ1) is 23.2. The number of likely N-dealkylation sites (N-methyl/N-ethyl adjacent to an activating group) is 1. The van der Waals surface area contributed by atoms with E-state index in [0.29, 0.717) is 12.3 Å². The van der Waals surface area contributed by atoms with E-state index in [-0.39, 0.29) is 22.4 Å². The number of carbonyl (C=O) groups excluding carboxylic acids is 3. The van der Waals surface area contributed by atoms with E-state index in [1.807, 2.05) is 13.8 Å². The van der Waals surface area contributed by atoms with Crippen LogP contribution in [0.25, 0.3) is 11.6 Å². The third kappa shape index (κ3) is 3.85. The second-order valence-corrected chi connectivity index (χ2v) is 8.77. The van der Waals surface area contributed by atoms with Gasteiger partial charge in [0.1, 0.15) is 17.1 Å². The van der Waals surface area contributed by atoms with E-state index in [4.69, 9.17) is 4.74 Å². The number of barbiturate groups is 1. The number of imide groups is 2. The number of carbonyl (C=O) groups is 3. The molecule has 4 rings (SSSR count). The molecule has 34 heavy (non-hydrogen) atoms. The highest BCUT2D eigenvalue weighted by Gasteiger charge is 2.37. The zero-order chi connectivity index (χ0) is 24.8. The van der Waals surface area contributed by atoms with Crippen LogP contribution in [0, 0.1) is 5.82 Å². The van der Waals surface area contributed by atoms with Gasteiger partial charge in [-0.15, -0.1) is 0 Å². The largest absolute Gasteiger partial charge is 0.497 e. The molecule has 1 saturated heterocycles. The molecule has 0 aliphatic carbocycles. The molecule has 7 nitrogen and oxygen atoms in total. The normalized spacial score (nSPS) is 18.6. The van der Waals surface area contributed by atoms with Gasteiger partial charge in [0.2, 0.25) is 0 Å². The number of rotatable bonds is 4. The summed E-state index contributed by atoms with van der Waals surface area (Å²) in [4.78, 5) is 41.1. The van der Waals surface area contributed by atoms with E-state index in [1.54, 1.807) is 18.2 Å². The molecule has 0 spiro atoms. The molecule has 0 bridgehead atoms. The zero-order valence-electron chi connectivity index (χ0n) is 19.7. The molecule has 0 radical (unpaired) electrons. The van der Waals surface area contributed by atoms with Crippen LogP contribution in [0.2, 0.25) is 0 Å². The van der Waals surface area contributed by atoms with Gasteiger partial charge in [0, 0.05) is 23.4 Å². The standard InChI is InChI=1S/C26H26FN3O4/c1-6-29-22-13-21(27)16(11-19(22)15(2)14-26(29,3)4)12-20-23(31)28-25(33)30(24(20)32)17-7-9-18(34-5)10-8-17/h7-14H,6H2,1-5H3,(H,28,31,33)/b20-12-. The molecule has 2 aromatic rings. The summed E-state index contributed by atoms with van der Waals surface area (Å²) in [6, 6.07) is 8.43. The molecule has 8 heteroatoms. The number of nitrogens with one attached hydrogen (secondary N) is 1. The second-order valence-electron chi connectivity index (χ2n) is 8.77. The summed E-state index contributed by atoms with van der Waals surface area (Å²) in [5.74, 6) is -1.73. The Hall–Kier alpha value is -3.94. The molecule has 1 N–H and O–H groups in total. The summed E-state index contributed by atoms with van der Waals surface area (Å²) in [6.45, 7) is 8.76. The highest BCUT2D eigenvalue weighted by Crippen LogP contribution is 2.40. The van der Waals surface area contributed by atoms with Crippen molar-refractivity contribution < 1.29 is 23.5 Å². The van der Waals surface area contributed by atoms with Crippen molar-refractivity contribution in [3.05, 3.63) is 65.0 Å². The molecular formula is C26H26FN3O4. The summed E-state index contributed by atoms with van der Waals surface area (Å²) in [5.41, 5.74) is 2.27. The number of amides is 4. The van der Waals surface area contributed by atoms with Crippen molar-refractivity contribution in [1.29, 1.82) is 0 Å². The van der Waals surface area contributed by atoms with Crippen LogP contribution in [0.1, 0.15) is 38.8 Å². The summed E-state index contributed by atoms with van der Waals surface area (Å²) >= 11 is 0. The maximum Gasteiger partial charge on any atom is 0.335 e. The molecule has 0 atom stereocenters. The van der Waals surface area contributed by atoms with Crippen molar-refractivity contribution >= 4 is 40.9 Å². The van der Waals surface area contributed by atoms with E-state index >= 15 is 4.39 Å². The maximum atomic E-state index is 15.2. The number of halogens is 1. The lowest BCUT2D eigenvalue weighted by Crippen LogP contribution is -2.54. The van der Waals surface area contributed by atoms with Crippen molar-refractivity contribution in [2.45, 2.75) is 33.2 Å². The summed E-state index contributed by atoms with van der Waals surface area (Å²) < 4.78 is 20.3. The summed E-state index contributed by atoms with van der Waals surface area (Å²) in [7, 11) is 1.50. The van der Waals surface area contributed by atoms with E-state index in [2.05, 4.69) is 30.1 Å². The first-order valence-electron chi connectivity index (χ1n) is 10.9. The molecular weight excluding hydrogens is 437 g/mol. The lowest BCUT2D eigenvalue weighted by molar-refractivity contribution is -0.122. The number of hydrogen-bond donors (Lipinski definition) is 1. The van der Waals surface area contributed by atoms with Crippen molar-refractivity contribution in [2.75, 3.05) is 23.5 Å². The van der Waals surface area contributed by atoms with Crippen LogP contribution in [0.15, 0.2) is 48.0 Å². The average molecular weight is 464 g/mol. The molecule has 2 aromatic carbocycles. The number of methoxy groups -OCH3 is 1. The number of nitrogens with zero attached hydrogens (tertiary/aromatic N) is 2. The number of benzene rings is 2. The number of urea groups is 1. The molecule has 0 unspecified atom stereocenters. The predicted molar refractivity (Wildman–Crippen MR) is 129 cm³/mol. The minimum Gasteiger partial charge on any atom is -0.497 e. The Morgan fingerprint density at radius 3 is 2.41 bits per heavy atom. The molecule has 0 saturated carbocycles. The fraction of sp³-hybridized carbons (Fsp3) is 0.269. The van der Waals surface area contributed by atoms with E-state index < -0.39 is 23.7 Å². The van der Waals surface area contributed by atoms with Crippen molar-refractivity contribution in [3.8, 4) is 5.75 Å². The van der Waals surface area contributed by atoms with Crippen molar-refractivity contribution in [3.63, 3.8) is 0 Å². The molecule has 2 aliphatic rings. The highest BCUT2D eigenvalue weighted by molar-refractivity contribution is 6.39. The maximum absolute atomic E-state index is 15.2. The van der Waals surface area contributed by atoms with Gasteiger partial charge in [-0.2, -0.15) is 0 Å². The zero-order valence-corrected chi connectivity index (χ0v) is 19.7. The van der Waals surface area contributed by atoms with Crippen molar-refractivity contribution in [2.24, 2.45) is 0 Å². The molecule has 4 amide bonds. The Labute approximate surface area is 197 Å². The quantitative estimate of drug-likeness (QED) is 0.533. The van der Waals surface area contributed by atoms with Crippen LogP contribution in [0.4, 0.5) is 20.6 Å². The predicted octanol–water partition coefficient (Wildman–Crippen LogP) is 4.52. The first-order chi connectivity index (χ1) is 16.1. The minimum absolute atomic E-state index is 0.0878. The van der Waals surface area contributed by atoms with Gasteiger partial charge in [-0.25, -0.2) is 14.1 Å². The van der Waals surface area contributed by atoms with Crippen LogP contribution in [-0.2, 0) is 9.59 Å². The number of hydrogen-bond acceptors (Lipinski definition) is 5. The van der Waals surface area contributed by atoms with Gasteiger partial charge in [-0.3, -0.25) is 14.9 Å². The second kappa shape index (κ2) is 8.44. The molecule has 0 aromatic heterocycles. The monoisotopic (exact) mass is 463 g/mol. The summed E-state index contributed by atoms with van der Waals surface area (Å²) in [5, 5.41) is 2.16. The fourth-order valence-corrected chi connectivity index (χ4v) is 4.58. The Bertz CT molecular complexity index is 1260. The van der Waals surface area contributed by atoms with Gasteiger partial charge in [0.05, 0.1) is 18.3 Å². The van der Waals surface area contributed by atoms with Crippen LogP contribution in [-0.4, -0.2) is 37.0 Å². The lowest BCUT2D eigenvalue weighted by atomic mass is 9.87. The fourth-order valence-electron chi connectivity index (χ4n) is 4.58. The van der Waals surface area contributed by atoms with Crippen LogP contribution in [0.3, 0.4) is 0 Å². The number of allylic oxidation sites excluding steroid dienone is 1. The Kier molecular flexibility index (Phi) is 5.77. The van der Waals surface area contributed by atoms with Gasteiger partial charge in [-0.05, 0) is 75.7 Å². The van der Waals surface area contributed by atoms with Crippen molar-refractivity contribution in [1.82, 2.24) is 5.32 Å². The third-order valence-electron chi connectivity index (χ3n) is 6.14. The minimum atomic E-state index is -0.875. The van der Waals surface area contributed by atoms with E-state index in [0.717, 1.165) is 21.7 Å². The first-order valence-corrected chi connectivity index (χ1v) is 10.9. The highest BCUT2D eigenvalue weighted by atomic mass is 19.1. The Morgan fingerprint density at radius 2 is 1.79 bits per heavy atom. The van der Waals surface area contributed by atoms with E-state index in [9.17, 15) is 14.4 Å². The van der Waals surface area contributed by atoms with Gasteiger partial charge in [-0.1, -0.05) is 6.08 Å². The molecule has 2 heterocycles.